The van der Waals surface area contributed by atoms with E-state index in [9.17, 15) is 9.59 Å². The molecule has 13 heavy (non-hydrogen) atoms. The molecule has 0 aromatic carbocycles. The number of rotatable bonds is 2. The Hall–Kier alpha value is -1.12. The highest BCUT2D eigenvalue weighted by molar-refractivity contribution is 5.85. The standard InChI is InChI=1S/C10H12O3/c1-6-2-7-3-8(5-11)10(6,4-7)9(12)13/h2,5,7-8H,3-4H2,1H3,(H,12,13). The SMILES string of the molecule is CC1=CC2CC(C=O)C1(C(=O)O)C2. The van der Waals surface area contributed by atoms with E-state index in [1.807, 2.05) is 13.0 Å². The summed E-state index contributed by atoms with van der Waals surface area (Å²) in [5.74, 6) is -0.829. The Morgan fingerprint density at radius 2 is 2.46 bits per heavy atom. The van der Waals surface area contributed by atoms with Crippen LogP contribution in [0.25, 0.3) is 0 Å². The predicted molar refractivity (Wildman–Crippen MR) is 46.1 cm³/mol. The summed E-state index contributed by atoms with van der Waals surface area (Å²) in [5.41, 5.74) is 0.0141. The van der Waals surface area contributed by atoms with E-state index in [0.29, 0.717) is 18.8 Å². The van der Waals surface area contributed by atoms with Crippen LogP contribution in [0.4, 0.5) is 0 Å². The van der Waals surface area contributed by atoms with Crippen LogP contribution in [0.1, 0.15) is 19.8 Å². The highest BCUT2D eigenvalue weighted by Gasteiger charge is 2.57. The van der Waals surface area contributed by atoms with Crippen LogP contribution in [-0.4, -0.2) is 17.4 Å². The Bertz CT molecular complexity index is 305. The topological polar surface area (TPSA) is 54.4 Å². The third kappa shape index (κ3) is 0.844. The van der Waals surface area contributed by atoms with Crippen LogP contribution in [0.15, 0.2) is 11.6 Å². The lowest BCUT2D eigenvalue weighted by Gasteiger charge is -2.28. The van der Waals surface area contributed by atoms with Gasteiger partial charge in [0, 0.05) is 5.92 Å². The number of carbonyl (C=O) groups excluding carboxylic acids is 1. The van der Waals surface area contributed by atoms with Gasteiger partial charge in [-0.1, -0.05) is 11.6 Å². The number of allylic oxidation sites excluding steroid dienone is 1. The normalized spacial score (nSPS) is 41.8. The quantitative estimate of drug-likeness (QED) is 0.514. The van der Waals surface area contributed by atoms with Crippen molar-refractivity contribution in [1.29, 1.82) is 0 Å². The molecule has 1 saturated carbocycles. The molecule has 1 fully saturated rings. The number of hydrogen-bond acceptors (Lipinski definition) is 2. The summed E-state index contributed by atoms with van der Waals surface area (Å²) >= 11 is 0. The largest absolute Gasteiger partial charge is 0.481 e. The molecule has 3 atom stereocenters. The summed E-state index contributed by atoms with van der Waals surface area (Å²) in [6.07, 6.45) is 4.16. The fourth-order valence-corrected chi connectivity index (χ4v) is 2.84. The fourth-order valence-electron chi connectivity index (χ4n) is 2.84. The van der Waals surface area contributed by atoms with Crippen LogP contribution in [0.2, 0.25) is 0 Å². The first-order valence-electron chi connectivity index (χ1n) is 4.49. The molecule has 0 aromatic rings. The number of carboxylic acids is 1. The van der Waals surface area contributed by atoms with Gasteiger partial charge in [0.1, 0.15) is 6.29 Å². The average Bonchev–Trinajstić information content (AvgIpc) is 2.58. The fraction of sp³-hybridized carbons (Fsp3) is 0.600. The van der Waals surface area contributed by atoms with Crippen molar-refractivity contribution in [2.24, 2.45) is 17.3 Å². The number of aldehydes is 1. The zero-order valence-corrected chi connectivity index (χ0v) is 7.49. The maximum absolute atomic E-state index is 11.2. The van der Waals surface area contributed by atoms with Gasteiger partial charge in [-0.2, -0.15) is 0 Å². The van der Waals surface area contributed by atoms with Gasteiger partial charge in [0.05, 0.1) is 5.41 Å². The number of aliphatic carboxylic acids is 1. The summed E-state index contributed by atoms with van der Waals surface area (Å²) < 4.78 is 0. The summed E-state index contributed by atoms with van der Waals surface area (Å²) in [5, 5.41) is 9.16. The van der Waals surface area contributed by atoms with Crippen molar-refractivity contribution in [2.75, 3.05) is 0 Å². The van der Waals surface area contributed by atoms with Crippen LogP contribution < -0.4 is 0 Å². The Morgan fingerprint density at radius 3 is 2.85 bits per heavy atom. The first kappa shape index (κ1) is 8.48. The highest BCUT2D eigenvalue weighted by Crippen LogP contribution is 2.56. The van der Waals surface area contributed by atoms with Gasteiger partial charge in [-0.15, -0.1) is 0 Å². The van der Waals surface area contributed by atoms with E-state index in [4.69, 9.17) is 5.11 Å². The summed E-state index contributed by atoms with van der Waals surface area (Å²) in [4.78, 5) is 21.9. The molecular weight excluding hydrogens is 168 g/mol. The van der Waals surface area contributed by atoms with Crippen molar-refractivity contribution in [3.05, 3.63) is 11.6 Å². The van der Waals surface area contributed by atoms with Gasteiger partial charge in [0.2, 0.25) is 0 Å². The lowest BCUT2D eigenvalue weighted by molar-refractivity contribution is -0.149. The van der Waals surface area contributed by atoms with E-state index in [1.165, 1.54) is 0 Å². The van der Waals surface area contributed by atoms with Crippen LogP contribution in [-0.2, 0) is 9.59 Å². The molecule has 0 aromatic heterocycles. The smallest absolute Gasteiger partial charge is 0.314 e. The second-order valence-corrected chi connectivity index (χ2v) is 4.07. The molecule has 2 rings (SSSR count). The summed E-state index contributed by atoms with van der Waals surface area (Å²) in [7, 11) is 0. The van der Waals surface area contributed by atoms with Gasteiger partial charge < -0.3 is 9.90 Å². The van der Waals surface area contributed by atoms with Gasteiger partial charge in [-0.25, -0.2) is 0 Å². The van der Waals surface area contributed by atoms with Crippen molar-refractivity contribution < 1.29 is 14.7 Å². The molecule has 2 bridgehead atoms. The van der Waals surface area contributed by atoms with Crippen molar-refractivity contribution in [3.63, 3.8) is 0 Å². The van der Waals surface area contributed by atoms with E-state index < -0.39 is 11.4 Å². The minimum atomic E-state index is -0.855. The molecular formula is C10H12O3. The molecule has 0 heterocycles. The van der Waals surface area contributed by atoms with Crippen LogP contribution in [0, 0.1) is 17.3 Å². The molecule has 3 heteroatoms. The molecule has 0 saturated heterocycles. The average molecular weight is 180 g/mol. The molecule has 70 valence electrons. The third-order valence-electron chi connectivity index (χ3n) is 3.51. The van der Waals surface area contributed by atoms with Gasteiger partial charge in [-0.3, -0.25) is 4.79 Å². The molecule has 3 unspecified atom stereocenters. The minimum Gasteiger partial charge on any atom is -0.481 e. The van der Waals surface area contributed by atoms with Gasteiger partial charge in [0.25, 0.3) is 0 Å². The van der Waals surface area contributed by atoms with E-state index in [1.54, 1.807) is 0 Å². The second kappa shape index (κ2) is 2.44. The Kier molecular flexibility index (Phi) is 1.59. The van der Waals surface area contributed by atoms with Gasteiger partial charge in [0.15, 0.2) is 0 Å². The molecule has 0 amide bonds. The van der Waals surface area contributed by atoms with Crippen LogP contribution in [0.5, 0.6) is 0 Å². The monoisotopic (exact) mass is 180 g/mol. The second-order valence-electron chi connectivity index (χ2n) is 4.07. The van der Waals surface area contributed by atoms with Crippen molar-refractivity contribution >= 4 is 12.3 Å². The van der Waals surface area contributed by atoms with E-state index >= 15 is 0 Å². The van der Waals surface area contributed by atoms with Gasteiger partial charge >= 0.3 is 5.97 Å². The first-order chi connectivity index (χ1) is 6.11. The number of carboxylic acid groups (broad SMARTS) is 1. The zero-order chi connectivity index (χ0) is 9.64. The minimum absolute atomic E-state index is 0.306. The highest BCUT2D eigenvalue weighted by atomic mass is 16.4. The molecule has 3 nitrogen and oxygen atoms in total. The Balaban J connectivity index is 2.47. The molecule has 2 aliphatic rings. The lowest BCUT2D eigenvalue weighted by atomic mass is 9.74. The maximum Gasteiger partial charge on any atom is 0.314 e. The number of fused-ring (bicyclic) bond motifs is 2. The molecule has 0 aliphatic heterocycles. The van der Waals surface area contributed by atoms with Crippen LogP contribution >= 0.6 is 0 Å². The lowest BCUT2D eigenvalue weighted by Crippen LogP contribution is -2.36. The van der Waals surface area contributed by atoms with Crippen LogP contribution in [0.3, 0.4) is 0 Å². The zero-order valence-electron chi connectivity index (χ0n) is 7.49. The third-order valence-corrected chi connectivity index (χ3v) is 3.51. The van der Waals surface area contributed by atoms with Crippen molar-refractivity contribution in [2.45, 2.75) is 19.8 Å². The first-order valence-corrected chi connectivity index (χ1v) is 4.49. The van der Waals surface area contributed by atoms with E-state index in [-0.39, 0.29) is 5.92 Å². The number of hydrogen-bond donors (Lipinski definition) is 1. The Morgan fingerprint density at radius 1 is 1.77 bits per heavy atom. The summed E-state index contributed by atoms with van der Waals surface area (Å²) in [6, 6.07) is 0. The predicted octanol–water partition coefficient (Wildman–Crippen LogP) is 1.24. The molecule has 2 aliphatic carbocycles. The number of carbonyl (C=O) groups is 2. The molecule has 0 radical (unpaired) electrons. The summed E-state index contributed by atoms with van der Waals surface area (Å²) in [6.45, 7) is 1.82. The van der Waals surface area contributed by atoms with Crippen molar-refractivity contribution in [1.82, 2.24) is 0 Å². The Labute approximate surface area is 76.4 Å². The van der Waals surface area contributed by atoms with Crippen molar-refractivity contribution in [3.8, 4) is 0 Å². The maximum atomic E-state index is 11.2. The van der Waals surface area contributed by atoms with E-state index in [2.05, 4.69) is 0 Å². The van der Waals surface area contributed by atoms with Gasteiger partial charge in [-0.05, 0) is 25.7 Å². The van der Waals surface area contributed by atoms with E-state index in [0.717, 1.165) is 11.9 Å². The molecule has 1 N–H and O–H groups in total. The molecule has 0 spiro atoms.